The highest BCUT2D eigenvalue weighted by Crippen LogP contribution is 2.32. The number of ether oxygens (including phenoxy) is 1. The van der Waals surface area contributed by atoms with Gasteiger partial charge < -0.3 is 15.0 Å². The van der Waals surface area contributed by atoms with Crippen molar-refractivity contribution in [3.8, 4) is 0 Å². The molecule has 7 nitrogen and oxygen atoms in total. The predicted octanol–water partition coefficient (Wildman–Crippen LogP) is 2.68. The summed E-state index contributed by atoms with van der Waals surface area (Å²) in [6.07, 6.45) is 3.58. The standard InChI is InChI=1S/C20H31N3O4S/c1-3-16(2)20(24)21-18-15-17(28(25,26)23-9-5-4-6-10-23)7-8-19(18)22-11-13-27-14-12-22/h7-8,15-16H,3-6,9-14H2,1-2H3,(H,21,24)/t16-/m0/s1. The smallest absolute Gasteiger partial charge is 0.243 e. The van der Waals surface area contributed by atoms with Crippen molar-refractivity contribution < 1.29 is 17.9 Å². The van der Waals surface area contributed by atoms with Crippen molar-refractivity contribution in [2.24, 2.45) is 5.92 Å². The number of nitrogens with zero attached hydrogens (tertiary/aromatic N) is 2. The predicted molar refractivity (Wildman–Crippen MR) is 110 cm³/mol. The van der Waals surface area contributed by atoms with E-state index >= 15 is 0 Å². The molecule has 0 aliphatic carbocycles. The van der Waals surface area contributed by atoms with Gasteiger partial charge in [0.2, 0.25) is 15.9 Å². The number of amides is 1. The topological polar surface area (TPSA) is 79.0 Å². The van der Waals surface area contributed by atoms with Crippen LogP contribution in [0.15, 0.2) is 23.1 Å². The van der Waals surface area contributed by atoms with Crippen LogP contribution in [0.1, 0.15) is 39.5 Å². The molecule has 2 aliphatic heterocycles. The van der Waals surface area contributed by atoms with Crippen molar-refractivity contribution in [2.45, 2.75) is 44.4 Å². The van der Waals surface area contributed by atoms with E-state index in [2.05, 4.69) is 10.2 Å². The Bertz CT molecular complexity index is 785. The fraction of sp³-hybridized carbons (Fsp3) is 0.650. The summed E-state index contributed by atoms with van der Waals surface area (Å²) in [5, 5.41) is 2.97. The van der Waals surface area contributed by atoms with Gasteiger partial charge in [-0.05, 0) is 37.5 Å². The Kier molecular flexibility index (Phi) is 6.95. The third kappa shape index (κ3) is 4.67. The van der Waals surface area contributed by atoms with Gasteiger partial charge in [0.15, 0.2) is 0 Å². The monoisotopic (exact) mass is 409 g/mol. The average molecular weight is 410 g/mol. The van der Waals surface area contributed by atoms with E-state index in [-0.39, 0.29) is 16.7 Å². The summed E-state index contributed by atoms with van der Waals surface area (Å²) < 4.78 is 33.1. The molecule has 1 atom stereocenters. The molecule has 1 aromatic carbocycles. The molecule has 0 spiro atoms. The van der Waals surface area contributed by atoms with E-state index < -0.39 is 10.0 Å². The quantitative estimate of drug-likeness (QED) is 0.781. The van der Waals surface area contributed by atoms with E-state index in [0.29, 0.717) is 45.1 Å². The molecule has 8 heteroatoms. The van der Waals surface area contributed by atoms with Gasteiger partial charge in [0.05, 0.1) is 29.5 Å². The van der Waals surface area contributed by atoms with Crippen LogP contribution in [-0.2, 0) is 19.6 Å². The van der Waals surface area contributed by atoms with E-state index in [0.717, 1.165) is 31.4 Å². The molecule has 0 saturated carbocycles. The lowest BCUT2D eigenvalue weighted by Gasteiger charge is -2.31. The molecule has 1 aromatic rings. The normalized spacial score (nSPS) is 20.0. The van der Waals surface area contributed by atoms with Crippen molar-refractivity contribution >= 4 is 27.3 Å². The number of rotatable bonds is 6. The van der Waals surface area contributed by atoms with Crippen molar-refractivity contribution in [3.63, 3.8) is 0 Å². The Morgan fingerprint density at radius 2 is 1.82 bits per heavy atom. The molecule has 0 unspecified atom stereocenters. The molecule has 2 heterocycles. The van der Waals surface area contributed by atoms with Crippen LogP contribution in [0.5, 0.6) is 0 Å². The summed E-state index contributed by atoms with van der Waals surface area (Å²) in [6.45, 7) is 7.61. The van der Waals surface area contributed by atoms with Gasteiger partial charge >= 0.3 is 0 Å². The van der Waals surface area contributed by atoms with E-state index in [1.54, 1.807) is 16.4 Å². The number of nitrogens with one attached hydrogen (secondary N) is 1. The fourth-order valence-electron chi connectivity index (χ4n) is 3.55. The highest BCUT2D eigenvalue weighted by molar-refractivity contribution is 7.89. The highest BCUT2D eigenvalue weighted by atomic mass is 32.2. The Balaban J connectivity index is 1.94. The third-order valence-corrected chi connectivity index (χ3v) is 7.49. The molecule has 0 bridgehead atoms. The van der Waals surface area contributed by atoms with Crippen molar-refractivity contribution in [2.75, 3.05) is 49.6 Å². The second-order valence-corrected chi connectivity index (χ2v) is 9.48. The van der Waals surface area contributed by atoms with Crippen LogP contribution in [-0.4, -0.2) is 58.0 Å². The van der Waals surface area contributed by atoms with Crippen LogP contribution in [0.3, 0.4) is 0 Å². The number of anilines is 2. The number of morpholine rings is 1. The summed E-state index contributed by atoms with van der Waals surface area (Å²) in [5.74, 6) is -0.232. The zero-order valence-corrected chi connectivity index (χ0v) is 17.6. The van der Waals surface area contributed by atoms with Crippen LogP contribution < -0.4 is 10.2 Å². The minimum Gasteiger partial charge on any atom is -0.378 e. The maximum atomic E-state index is 13.1. The second-order valence-electron chi connectivity index (χ2n) is 7.54. The van der Waals surface area contributed by atoms with E-state index in [4.69, 9.17) is 4.74 Å². The van der Waals surface area contributed by atoms with Gasteiger partial charge in [0, 0.05) is 32.1 Å². The SMILES string of the molecule is CC[C@H](C)C(=O)Nc1cc(S(=O)(=O)N2CCCCC2)ccc1N1CCOCC1. The Labute approximate surface area is 168 Å². The largest absolute Gasteiger partial charge is 0.378 e. The molecule has 0 aromatic heterocycles. The number of sulfonamides is 1. The minimum absolute atomic E-state index is 0.0930. The zero-order chi connectivity index (χ0) is 20.1. The zero-order valence-electron chi connectivity index (χ0n) is 16.8. The molecule has 2 saturated heterocycles. The van der Waals surface area contributed by atoms with Gasteiger partial charge in [-0.15, -0.1) is 0 Å². The number of hydrogen-bond donors (Lipinski definition) is 1. The number of carbonyl (C=O) groups is 1. The maximum absolute atomic E-state index is 13.1. The lowest BCUT2D eigenvalue weighted by Crippen LogP contribution is -2.37. The molecule has 2 fully saturated rings. The van der Waals surface area contributed by atoms with Crippen LogP contribution >= 0.6 is 0 Å². The summed E-state index contributed by atoms with van der Waals surface area (Å²) in [5.41, 5.74) is 1.41. The van der Waals surface area contributed by atoms with Gasteiger partial charge in [0.25, 0.3) is 0 Å². The summed E-state index contributed by atoms with van der Waals surface area (Å²) >= 11 is 0. The molecular formula is C20H31N3O4S. The van der Waals surface area contributed by atoms with E-state index in [9.17, 15) is 13.2 Å². The number of carbonyl (C=O) groups excluding carboxylic acids is 1. The fourth-order valence-corrected chi connectivity index (χ4v) is 5.10. The molecule has 28 heavy (non-hydrogen) atoms. The number of hydrogen-bond acceptors (Lipinski definition) is 5. The first-order chi connectivity index (χ1) is 13.4. The lowest BCUT2D eigenvalue weighted by molar-refractivity contribution is -0.119. The molecule has 1 N–H and O–H groups in total. The second kappa shape index (κ2) is 9.24. The summed E-state index contributed by atoms with van der Waals surface area (Å²) in [4.78, 5) is 14.9. The first-order valence-corrected chi connectivity index (χ1v) is 11.6. The first-order valence-electron chi connectivity index (χ1n) is 10.2. The molecule has 156 valence electrons. The summed E-state index contributed by atoms with van der Waals surface area (Å²) in [6, 6.07) is 5.09. The Morgan fingerprint density at radius 3 is 2.46 bits per heavy atom. The van der Waals surface area contributed by atoms with Crippen molar-refractivity contribution in [3.05, 3.63) is 18.2 Å². The van der Waals surface area contributed by atoms with E-state index in [1.165, 1.54) is 0 Å². The third-order valence-electron chi connectivity index (χ3n) is 5.59. The van der Waals surface area contributed by atoms with Crippen LogP contribution in [0.2, 0.25) is 0 Å². The van der Waals surface area contributed by atoms with Crippen molar-refractivity contribution in [1.82, 2.24) is 4.31 Å². The van der Waals surface area contributed by atoms with Gasteiger partial charge in [-0.25, -0.2) is 8.42 Å². The van der Waals surface area contributed by atoms with E-state index in [1.807, 2.05) is 19.9 Å². The van der Waals surface area contributed by atoms with Gasteiger partial charge in [-0.1, -0.05) is 20.3 Å². The minimum atomic E-state index is -3.55. The molecule has 0 radical (unpaired) electrons. The Morgan fingerprint density at radius 1 is 1.14 bits per heavy atom. The lowest BCUT2D eigenvalue weighted by atomic mass is 10.1. The highest BCUT2D eigenvalue weighted by Gasteiger charge is 2.28. The van der Waals surface area contributed by atoms with Crippen LogP contribution in [0, 0.1) is 5.92 Å². The Hall–Kier alpha value is -1.64. The van der Waals surface area contributed by atoms with Gasteiger partial charge in [0.1, 0.15) is 0 Å². The van der Waals surface area contributed by atoms with Crippen LogP contribution in [0.25, 0.3) is 0 Å². The number of benzene rings is 1. The first kappa shape index (κ1) is 21.1. The molecule has 1 amide bonds. The average Bonchev–Trinajstić information content (AvgIpc) is 2.74. The number of piperidine rings is 1. The molecule has 2 aliphatic rings. The maximum Gasteiger partial charge on any atom is 0.243 e. The van der Waals surface area contributed by atoms with Crippen LogP contribution in [0.4, 0.5) is 11.4 Å². The van der Waals surface area contributed by atoms with Gasteiger partial charge in [-0.3, -0.25) is 4.79 Å². The molecular weight excluding hydrogens is 378 g/mol. The van der Waals surface area contributed by atoms with Gasteiger partial charge in [-0.2, -0.15) is 4.31 Å². The summed E-state index contributed by atoms with van der Waals surface area (Å²) in [7, 11) is -3.55. The van der Waals surface area contributed by atoms with Crippen molar-refractivity contribution in [1.29, 1.82) is 0 Å². The molecule has 3 rings (SSSR count).